The van der Waals surface area contributed by atoms with E-state index in [1.165, 1.54) is 0 Å². The van der Waals surface area contributed by atoms with Gasteiger partial charge in [0.1, 0.15) is 12.3 Å². The van der Waals surface area contributed by atoms with Crippen LogP contribution in [-0.4, -0.2) is 54.1 Å². The summed E-state index contributed by atoms with van der Waals surface area (Å²) >= 11 is 0. The van der Waals surface area contributed by atoms with E-state index in [-0.39, 0.29) is 5.91 Å². The SMILES string of the molecule is COc1ccc(NC(=O)c2ccc(C(=NO)c3ccccc3)cc2)cc1OCCN(C(C)C)C(C)C. The van der Waals surface area contributed by atoms with Gasteiger partial charge in [-0.2, -0.15) is 0 Å². The number of amides is 1. The average Bonchev–Trinajstić information content (AvgIpc) is 2.87. The van der Waals surface area contributed by atoms with E-state index in [0.29, 0.717) is 52.7 Å². The molecule has 3 aromatic rings. The number of rotatable bonds is 11. The van der Waals surface area contributed by atoms with Crippen molar-refractivity contribution in [2.24, 2.45) is 5.16 Å². The molecular formula is C29H35N3O4. The summed E-state index contributed by atoms with van der Waals surface area (Å²) in [6.07, 6.45) is 0. The summed E-state index contributed by atoms with van der Waals surface area (Å²) in [5.41, 5.74) is 3.01. The molecule has 0 heterocycles. The Kier molecular flexibility index (Phi) is 9.47. The lowest BCUT2D eigenvalue weighted by Crippen LogP contribution is -2.39. The Hall–Kier alpha value is -3.84. The minimum atomic E-state index is -0.259. The molecule has 0 fully saturated rings. The Morgan fingerprint density at radius 2 is 1.50 bits per heavy atom. The van der Waals surface area contributed by atoms with E-state index in [1.807, 2.05) is 30.3 Å². The van der Waals surface area contributed by atoms with Crippen LogP contribution in [0.3, 0.4) is 0 Å². The fraction of sp³-hybridized carbons (Fsp3) is 0.310. The van der Waals surface area contributed by atoms with Gasteiger partial charge in [-0.3, -0.25) is 9.69 Å². The van der Waals surface area contributed by atoms with E-state index >= 15 is 0 Å². The third-order valence-corrected chi connectivity index (χ3v) is 5.92. The van der Waals surface area contributed by atoms with Crippen LogP contribution in [0.1, 0.15) is 49.2 Å². The van der Waals surface area contributed by atoms with Gasteiger partial charge in [-0.05, 0) is 52.0 Å². The van der Waals surface area contributed by atoms with Gasteiger partial charge in [-0.15, -0.1) is 0 Å². The standard InChI is InChI=1S/C29H35N3O4/c1-20(2)32(21(3)4)17-18-36-27-19-25(15-16-26(27)35-5)30-29(33)24-13-11-23(12-14-24)28(31-34)22-9-7-6-8-10-22/h6-16,19-21,34H,17-18H2,1-5H3,(H,30,33). The number of benzene rings is 3. The highest BCUT2D eigenvalue weighted by molar-refractivity contribution is 6.13. The van der Waals surface area contributed by atoms with E-state index in [0.717, 1.165) is 12.1 Å². The number of oxime groups is 1. The van der Waals surface area contributed by atoms with E-state index in [4.69, 9.17) is 9.47 Å². The molecule has 1 amide bonds. The second-order valence-corrected chi connectivity index (χ2v) is 8.99. The third-order valence-electron chi connectivity index (χ3n) is 5.92. The molecule has 190 valence electrons. The van der Waals surface area contributed by atoms with Gasteiger partial charge in [-0.25, -0.2) is 0 Å². The monoisotopic (exact) mass is 489 g/mol. The number of carbonyl (C=O) groups excluding carboxylic acids is 1. The van der Waals surface area contributed by atoms with Crippen LogP contribution < -0.4 is 14.8 Å². The molecule has 7 nitrogen and oxygen atoms in total. The highest BCUT2D eigenvalue weighted by atomic mass is 16.5. The molecule has 3 rings (SSSR count). The van der Waals surface area contributed by atoms with Crippen molar-refractivity contribution in [3.63, 3.8) is 0 Å². The Labute approximate surface area is 213 Å². The van der Waals surface area contributed by atoms with Gasteiger partial charge in [0, 0.05) is 47.1 Å². The van der Waals surface area contributed by atoms with Crippen LogP contribution in [0.2, 0.25) is 0 Å². The first kappa shape index (κ1) is 26.8. The fourth-order valence-electron chi connectivity index (χ4n) is 4.10. The van der Waals surface area contributed by atoms with Gasteiger partial charge in [0.15, 0.2) is 11.5 Å². The number of anilines is 1. The van der Waals surface area contributed by atoms with Crippen LogP contribution in [0, 0.1) is 0 Å². The second kappa shape index (κ2) is 12.7. The zero-order valence-corrected chi connectivity index (χ0v) is 21.6. The molecule has 0 aliphatic carbocycles. The van der Waals surface area contributed by atoms with E-state index in [1.54, 1.807) is 49.6 Å². The van der Waals surface area contributed by atoms with Gasteiger partial charge in [-0.1, -0.05) is 47.6 Å². The van der Waals surface area contributed by atoms with Crippen molar-refractivity contribution >= 4 is 17.3 Å². The molecule has 0 aliphatic rings. The fourth-order valence-corrected chi connectivity index (χ4v) is 4.10. The van der Waals surface area contributed by atoms with Crippen molar-refractivity contribution in [3.8, 4) is 11.5 Å². The van der Waals surface area contributed by atoms with Gasteiger partial charge < -0.3 is 20.0 Å². The Balaban J connectivity index is 1.68. The van der Waals surface area contributed by atoms with Crippen LogP contribution in [0.4, 0.5) is 5.69 Å². The molecule has 0 spiro atoms. The summed E-state index contributed by atoms with van der Waals surface area (Å²) in [5.74, 6) is 0.921. The quantitative estimate of drug-likeness (QED) is 0.206. The first-order valence-electron chi connectivity index (χ1n) is 12.1. The Bertz CT molecular complexity index is 1150. The van der Waals surface area contributed by atoms with Gasteiger partial charge in [0.05, 0.1) is 7.11 Å². The lowest BCUT2D eigenvalue weighted by atomic mass is 10.0. The summed E-state index contributed by atoms with van der Waals surface area (Å²) in [5, 5.41) is 15.9. The van der Waals surface area contributed by atoms with Crippen LogP contribution in [0.25, 0.3) is 0 Å². The van der Waals surface area contributed by atoms with Crippen molar-refractivity contribution in [2.45, 2.75) is 39.8 Å². The number of nitrogens with zero attached hydrogens (tertiary/aromatic N) is 2. The molecule has 0 aromatic heterocycles. The molecule has 3 aromatic carbocycles. The smallest absolute Gasteiger partial charge is 0.255 e. The lowest BCUT2D eigenvalue weighted by Gasteiger charge is -2.30. The zero-order chi connectivity index (χ0) is 26.1. The normalized spacial score (nSPS) is 11.7. The number of nitrogens with one attached hydrogen (secondary N) is 1. The average molecular weight is 490 g/mol. The van der Waals surface area contributed by atoms with Gasteiger partial charge in [0.2, 0.25) is 0 Å². The molecule has 0 radical (unpaired) electrons. The first-order chi connectivity index (χ1) is 17.3. The van der Waals surface area contributed by atoms with Crippen LogP contribution in [0.15, 0.2) is 78.0 Å². The molecule has 0 atom stereocenters. The predicted octanol–water partition coefficient (Wildman–Crippen LogP) is 5.67. The lowest BCUT2D eigenvalue weighted by molar-refractivity contribution is 0.102. The Morgan fingerprint density at radius 1 is 0.889 bits per heavy atom. The summed E-state index contributed by atoms with van der Waals surface area (Å²) in [4.78, 5) is 15.2. The van der Waals surface area contributed by atoms with Crippen molar-refractivity contribution in [2.75, 3.05) is 25.6 Å². The molecule has 0 saturated carbocycles. The zero-order valence-electron chi connectivity index (χ0n) is 21.6. The summed E-state index contributed by atoms with van der Waals surface area (Å²) < 4.78 is 11.5. The molecule has 7 heteroatoms. The summed E-state index contributed by atoms with van der Waals surface area (Å²) in [6.45, 7) is 9.96. The first-order valence-corrected chi connectivity index (χ1v) is 12.1. The number of methoxy groups -OCH3 is 1. The highest BCUT2D eigenvalue weighted by Crippen LogP contribution is 2.30. The minimum absolute atomic E-state index is 0.259. The van der Waals surface area contributed by atoms with Crippen molar-refractivity contribution in [1.29, 1.82) is 0 Å². The maximum absolute atomic E-state index is 12.9. The largest absolute Gasteiger partial charge is 0.493 e. The maximum Gasteiger partial charge on any atom is 0.255 e. The molecule has 0 bridgehead atoms. The van der Waals surface area contributed by atoms with Crippen LogP contribution >= 0.6 is 0 Å². The summed E-state index contributed by atoms with van der Waals surface area (Å²) in [7, 11) is 1.59. The number of hydrogen-bond acceptors (Lipinski definition) is 6. The summed E-state index contributed by atoms with van der Waals surface area (Å²) in [6, 6.07) is 22.4. The van der Waals surface area contributed by atoms with Crippen molar-refractivity contribution in [3.05, 3.63) is 89.5 Å². The van der Waals surface area contributed by atoms with Crippen molar-refractivity contribution in [1.82, 2.24) is 4.90 Å². The van der Waals surface area contributed by atoms with Gasteiger partial charge in [0.25, 0.3) is 5.91 Å². The molecule has 2 N–H and O–H groups in total. The van der Waals surface area contributed by atoms with Crippen LogP contribution in [0.5, 0.6) is 11.5 Å². The predicted molar refractivity (Wildman–Crippen MR) is 144 cm³/mol. The van der Waals surface area contributed by atoms with E-state index in [9.17, 15) is 10.0 Å². The maximum atomic E-state index is 12.9. The topological polar surface area (TPSA) is 83.4 Å². The number of ether oxygens (including phenoxy) is 2. The molecular weight excluding hydrogens is 454 g/mol. The van der Waals surface area contributed by atoms with E-state index < -0.39 is 0 Å². The number of carbonyl (C=O) groups is 1. The number of hydrogen-bond donors (Lipinski definition) is 2. The molecule has 0 unspecified atom stereocenters. The molecule has 0 aliphatic heterocycles. The van der Waals surface area contributed by atoms with E-state index in [2.05, 4.69) is 43.1 Å². The van der Waals surface area contributed by atoms with Crippen LogP contribution in [-0.2, 0) is 0 Å². The minimum Gasteiger partial charge on any atom is -0.493 e. The second-order valence-electron chi connectivity index (χ2n) is 8.99. The highest BCUT2D eigenvalue weighted by Gasteiger charge is 2.15. The van der Waals surface area contributed by atoms with Gasteiger partial charge >= 0.3 is 0 Å². The van der Waals surface area contributed by atoms with Crippen molar-refractivity contribution < 1.29 is 19.5 Å². The molecule has 0 saturated heterocycles. The Morgan fingerprint density at radius 3 is 2.08 bits per heavy atom. The molecule has 36 heavy (non-hydrogen) atoms. The third kappa shape index (κ3) is 6.86.